The number of hydrogen-bond acceptors (Lipinski definition) is 3. The van der Waals surface area contributed by atoms with E-state index in [1.165, 1.54) is 7.11 Å². The molecular formula is C15H28N2O4. The molecule has 0 aliphatic carbocycles. The predicted molar refractivity (Wildman–Crippen MR) is 80.3 cm³/mol. The van der Waals surface area contributed by atoms with Crippen molar-refractivity contribution in [3.8, 4) is 0 Å². The van der Waals surface area contributed by atoms with E-state index in [0.717, 1.165) is 38.8 Å². The summed E-state index contributed by atoms with van der Waals surface area (Å²) in [4.78, 5) is 24.6. The molecule has 1 saturated heterocycles. The van der Waals surface area contributed by atoms with Crippen LogP contribution in [0.4, 0.5) is 4.79 Å². The predicted octanol–water partition coefficient (Wildman–Crippen LogP) is 2.09. The number of ether oxygens (including phenoxy) is 1. The summed E-state index contributed by atoms with van der Waals surface area (Å²) in [6.07, 6.45) is 3.80. The number of carbonyl (C=O) groups is 2. The molecule has 1 atom stereocenters. The number of aliphatic carboxylic acids is 1. The molecule has 1 fully saturated rings. The van der Waals surface area contributed by atoms with Gasteiger partial charge in [0.1, 0.15) is 0 Å². The Morgan fingerprint density at radius 3 is 2.29 bits per heavy atom. The Kier molecular flexibility index (Phi) is 6.95. The van der Waals surface area contributed by atoms with Crippen LogP contribution in [-0.2, 0) is 9.53 Å². The average molecular weight is 300 g/mol. The maximum absolute atomic E-state index is 12.1. The van der Waals surface area contributed by atoms with Crippen LogP contribution in [0.2, 0.25) is 0 Å². The molecule has 122 valence electrons. The third-order valence-electron chi connectivity index (χ3n) is 4.83. The summed E-state index contributed by atoms with van der Waals surface area (Å²) in [6, 6.07) is -0.122. The lowest BCUT2D eigenvalue weighted by molar-refractivity contribution is -0.139. The number of carboxylic acid groups (broad SMARTS) is 1. The summed E-state index contributed by atoms with van der Waals surface area (Å²) in [7, 11) is 1.46. The molecule has 2 amide bonds. The van der Waals surface area contributed by atoms with E-state index in [-0.39, 0.29) is 19.0 Å². The smallest absolute Gasteiger partial charge is 0.317 e. The van der Waals surface area contributed by atoms with Crippen LogP contribution in [0.15, 0.2) is 0 Å². The minimum atomic E-state index is -0.926. The SMILES string of the molecule is CCC1(CC)CCN(C(=O)NCC(CC(=O)O)OC)CC1. The Morgan fingerprint density at radius 1 is 1.29 bits per heavy atom. The van der Waals surface area contributed by atoms with E-state index in [4.69, 9.17) is 9.84 Å². The van der Waals surface area contributed by atoms with Gasteiger partial charge in [-0.1, -0.05) is 26.7 Å². The van der Waals surface area contributed by atoms with Crippen molar-refractivity contribution in [1.82, 2.24) is 10.2 Å². The number of urea groups is 1. The van der Waals surface area contributed by atoms with Crippen molar-refractivity contribution in [1.29, 1.82) is 0 Å². The van der Waals surface area contributed by atoms with Crippen molar-refractivity contribution in [3.05, 3.63) is 0 Å². The quantitative estimate of drug-likeness (QED) is 0.754. The summed E-state index contributed by atoms with van der Waals surface area (Å²) >= 11 is 0. The number of hydrogen-bond donors (Lipinski definition) is 2. The lowest BCUT2D eigenvalue weighted by Crippen LogP contribution is -2.48. The van der Waals surface area contributed by atoms with Crippen LogP contribution in [-0.4, -0.2) is 54.9 Å². The topological polar surface area (TPSA) is 78.9 Å². The number of piperidine rings is 1. The van der Waals surface area contributed by atoms with Crippen LogP contribution >= 0.6 is 0 Å². The Morgan fingerprint density at radius 2 is 1.86 bits per heavy atom. The molecule has 21 heavy (non-hydrogen) atoms. The van der Waals surface area contributed by atoms with E-state index in [2.05, 4.69) is 19.2 Å². The van der Waals surface area contributed by atoms with Crippen molar-refractivity contribution >= 4 is 12.0 Å². The highest BCUT2D eigenvalue weighted by Crippen LogP contribution is 2.37. The van der Waals surface area contributed by atoms with Gasteiger partial charge in [0.15, 0.2) is 0 Å². The maximum Gasteiger partial charge on any atom is 0.317 e. The second kappa shape index (κ2) is 8.22. The van der Waals surface area contributed by atoms with E-state index in [1.807, 2.05) is 4.90 Å². The Labute approximate surface area is 126 Å². The second-order valence-electron chi connectivity index (χ2n) is 5.84. The molecule has 1 unspecified atom stereocenters. The van der Waals surface area contributed by atoms with Gasteiger partial charge in [-0.2, -0.15) is 0 Å². The zero-order valence-corrected chi connectivity index (χ0v) is 13.4. The van der Waals surface area contributed by atoms with Gasteiger partial charge < -0.3 is 20.1 Å². The number of carboxylic acids is 1. The lowest BCUT2D eigenvalue weighted by atomic mass is 9.74. The van der Waals surface area contributed by atoms with Crippen molar-refractivity contribution in [2.24, 2.45) is 5.41 Å². The van der Waals surface area contributed by atoms with Crippen molar-refractivity contribution in [2.45, 2.75) is 52.1 Å². The third-order valence-corrected chi connectivity index (χ3v) is 4.83. The molecule has 2 N–H and O–H groups in total. The first kappa shape index (κ1) is 17.8. The normalized spacial score (nSPS) is 19.1. The fourth-order valence-electron chi connectivity index (χ4n) is 2.89. The van der Waals surface area contributed by atoms with Gasteiger partial charge in [0, 0.05) is 26.7 Å². The lowest BCUT2D eigenvalue weighted by Gasteiger charge is -2.41. The van der Waals surface area contributed by atoms with Gasteiger partial charge in [0.05, 0.1) is 12.5 Å². The molecular weight excluding hydrogens is 272 g/mol. The molecule has 0 aromatic heterocycles. The Bertz CT molecular complexity index is 346. The van der Waals surface area contributed by atoms with Crippen molar-refractivity contribution in [2.75, 3.05) is 26.7 Å². The first-order chi connectivity index (χ1) is 9.96. The zero-order chi connectivity index (χ0) is 15.9. The molecule has 6 nitrogen and oxygen atoms in total. The molecule has 1 rings (SSSR count). The van der Waals surface area contributed by atoms with Gasteiger partial charge in [-0.05, 0) is 18.3 Å². The van der Waals surface area contributed by atoms with Gasteiger partial charge in [-0.15, -0.1) is 0 Å². The highest BCUT2D eigenvalue weighted by atomic mass is 16.5. The minimum Gasteiger partial charge on any atom is -0.481 e. The number of likely N-dealkylation sites (tertiary alicyclic amines) is 1. The van der Waals surface area contributed by atoms with Crippen LogP contribution in [0.25, 0.3) is 0 Å². The van der Waals surface area contributed by atoms with Crippen LogP contribution < -0.4 is 5.32 Å². The first-order valence-electron chi connectivity index (χ1n) is 7.73. The molecule has 0 radical (unpaired) electrons. The van der Waals surface area contributed by atoms with Crippen LogP contribution in [0.5, 0.6) is 0 Å². The second-order valence-corrected chi connectivity index (χ2v) is 5.84. The molecule has 0 spiro atoms. The van der Waals surface area contributed by atoms with Gasteiger partial charge in [0.2, 0.25) is 0 Å². The van der Waals surface area contributed by atoms with E-state index < -0.39 is 12.1 Å². The molecule has 0 aromatic carbocycles. The van der Waals surface area contributed by atoms with Crippen molar-refractivity contribution in [3.63, 3.8) is 0 Å². The van der Waals surface area contributed by atoms with Gasteiger partial charge in [-0.25, -0.2) is 4.79 Å². The van der Waals surface area contributed by atoms with Gasteiger partial charge in [-0.3, -0.25) is 4.79 Å². The first-order valence-corrected chi connectivity index (χ1v) is 7.73. The highest BCUT2D eigenvalue weighted by Gasteiger charge is 2.32. The number of methoxy groups -OCH3 is 1. The summed E-state index contributed by atoms with van der Waals surface area (Å²) in [5, 5.41) is 11.5. The van der Waals surface area contributed by atoms with E-state index in [1.54, 1.807) is 0 Å². The van der Waals surface area contributed by atoms with Gasteiger partial charge in [0.25, 0.3) is 0 Å². The van der Waals surface area contributed by atoms with Crippen LogP contribution in [0, 0.1) is 5.41 Å². The molecule has 6 heteroatoms. The average Bonchev–Trinajstić information content (AvgIpc) is 2.50. The number of carbonyl (C=O) groups excluding carboxylic acids is 1. The maximum atomic E-state index is 12.1. The number of nitrogens with one attached hydrogen (secondary N) is 1. The zero-order valence-electron chi connectivity index (χ0n) is 13.4. The number of rotatable bonds is 7. The summed E-state index contributed by atoms with van der Waals surface area (Å²) in [5.41, 5.74) is 0.384. The Balaban J connectivity index is 2.38. The molecule has 1 aliphatic rings. The molecule has 0 saturated carbocycles. The number of nitrogens with zero attached hydrogens (tertiary/aromatic N) is 1. The van der Waals surface area contributed by atoms with Gasteiger partial charge >= 0.3 is 12.0 Å². The molecule has 1 aliphatic heterocycles. The fraction of sp³-hybridized carbons (Fsp3) is 0.867. The standard InChI is InChI=1S/C15H28N2O4/c1-4-15(5-2)6-8-17(9-7-15)14(20)16-11-12(21-3)10-13(18)19/h12H,4-11H2,1-3H3,(H,16,20)(H,18,19). The van der Waals surface area contributed by atoms with E-state index in [9.17, 15) is 9.59 Å². The highest BCUT2D eigenvalue weighted by molar-refractivity contribution is 5.74. The molecule has 0 aromatic rings. The Hall–Kier alpha value is -1.30. The van der Waals surface area contributed by atoms with Crippen LogP contribution in [0.3, 0.4) is 0 Å². The largest absolute Gasteiger partial charge is 0.481 e. The molecule has 0 bridgehead atoms. The monoisotopic (exact) mass is 300 g/mol. The third kappa shape index (κ3) is 5.19. The summed E-state index contributed by atoms with van der Waals surface area (Å²) in [5.74, 6) is -0.926. The summed E-state index contributed by atoms with van der Waals surface area (Å²) in [6.45, 7) is 6.20. The van der Waals surface area contributed by atoms with E-state index >= 15 is 0 Å². The van der Waals surface area contributed by atoms with Crippen molar-refractivity contribution < 1.29 is 19.4 Å². The fourth-order valence-corrected chi connectivity index (χ4v) is 2.89. The van der Waals surface area contributed by atoms with Crippen LogP contribution in [0.1, 0.15) is 46.0 Å². The molecule has 1 heterocycles. The minimum absolute atomic E-state index is 0.106. The summed E-state index contributed by atoms with van der Waals surface area (Å²) < 4.78 is 5.05. The van der Waals surface area contributed by atoms with E-state index in [0.29, 0.717) is 5.41 Å². The number of amides is 2.